The first-order valence-electron chi connectivity index (χ1n) is 10.1. The molecule has 2 aromatic rings. The number of hydrogen-bond acceptors (Lipinski definition) is 5. The zero-order valence-electron chi connectivity index (χ0n) is 16.6. The minimum atomic E-state index is -3.46. The van der Waals surface area contributed by atoms with Crippen molar-refractivity contribution >= 4 is 26.0 Å². The van der Waals surface area contributed by atoms with Gasteiger partial charge in [-0.05, 0) is 61.9 Å². The Hall–Kier alpha value is -1.92. The van der Waals surface area contributed by atoms with Gasteiger partial charge < -0.3 is 9.64 Å². The number of nitrogens with one attached hydrogen (secondary N) is 1. The molecule has 1 N–H and O–H groups in total. The van der Waals surface area contributed by atoms with Crippen LogP contribution in [-0.2, 0) is 10.0 Å². The van der Waals surface area contributed by atoms with Crippen LogP contribution in [-0.4, -0.2) is 46.1 Å². The number of unbranched alkanes of at least 4 members (excludes halogenated alkanes) is 1. The van der Waals surface area contributed by atoms with Gasteiger partial charge in [0.25, 0.3) is 0 Å². The summed E-state index contributed by atoms with van der Waals surface area (Å²) in [6, 6.07) is 14.5. The number of rotatable bonds is 7. The van der Waals surface area contributed by atoms with E-state index in [0.29, 0.717) is 30.6 Å². The fourth-order valence-electron chi connectivity index (χ4n) is 4.26. The SMILES string of the molecule is N#Cc1ccc2c(c1)[C@H]1CN(CCCCNS(=O)(=O)c3ccc(Br)cc3)C[C@@H]1CO2. The van der Waals surface area contributed by atoms with Gasteiger partial charge in [-0.2, -0.15) is 5.26 Å². The van der Waals surface area contributed by atoms with E-state index in [1.165, 1.54) is 0 Å². The van der Waals surface area contributed by atoms with Gasteiger partial charge in [0.15, 0.2) is 0 Å². The lowest BCUT2D eigenvalue weighted by Gasteiger charge is -2.27. The molecule has 30 heavy (non-hydrogen) atoms. The Kier molecular flexibility index (Phi) is 6.44. The Balaban J connectivity index is 1.25. The van der Waals surface area contributed by atoms with Crippen molar-refractivity contribution in [1.29, 1.82) is 5.26 Å². The third-order valence-corrected chi connectivity index (χ3v) is 7.83. The Morgan fingerprint density at radius 3 is 2.73 bits per heavy atom. The summed E-state index contributed by atoms with van der Waals surface area (Å²) in [7, 11) is -3.46. The fraction of sp³-hybridized carbons (Fsp3) is 0.409. The largest absolute Gasteiger partial charge is 0.493 e. The van der Waals surface area contributed by atoms with Crippen molar-refractivity contribution in [3.8, 4) is 11.8 Å². The van der Waals surface area contributed by atoms with Crippen LogP contribution in [0.25, 0.3) is 0 Å². The number of sulfonamides is 1. The molecule has 2 aliphatic rings. The van der Waals surface area contributed by atoms with E-state index in [-0.39, 0.29) is 4.90 Å². The molecule has 0 bridgehead atoms. The molecule has 0 radical (unpaired) electrons. The van der Waals surface area contributed by atoms with Crippen molar-refractivity contribution in [2.45, 2.75) is 23.7 Å². The van der Waals surface area contributed by atoms with Crippen molar-refractivity contribution < 1.29 is 13.2 Å². The van der Waals surface area contributed by atoms with E-state index in [2.05, 4.69) is 31.6 Å². The molecule has 0 aliphatic carbocycles. The smallest absolute Gasteiger partial charge is 0.240 e. The molecule has 0 unspecified atom stereocenters. The summed E-state index contributed by atoms with van der Waals surface area (Å²) in [5.74, 6) is 1.75. The van der Waals surface area contributed by atoms with Crippen molar-refractivity contribution in [2.24, 2.45) is 5.92 Å². The zero-order valence-corrected chi connectivity index (χ0v) is 19.0. The average Bonchev–Trinajstić information content (AvgIpc) is 3.17. The molecule has 8 heteroatoms. The summed E-state index contributed by atoms with van der Waals surface area (Å²) in [5.41, 5.74) is 1.82. The predicted octanol–water partition coefficient (Wildman–Crippen LogP) is 3.49. The van der Waals surface area contributed by atoms with Crippen LogP contribution in [0.3, 0.4) is 0 Å². The van der Waals surface area contributed by atoms with Gasteiger partial charge in [0.1, 0.15) is 5.75 Å². The molecule has 2 atom stereocenters. The number of ether oxygens (including phenoxy) is 1. The highest BCUT2D eigenvalue weighted by Gasteiger charge is 2.38. The van der Waals surface area contributed by atoms with Crippen molar-refractivity contribution in [2.75, 3.05) is 32.8 Å². The molecule has 4 rings (SSSR count). The first-order valence-corrected chi connectivity index (χ1v) is 12.4. The Morgan fingerprint density at radius 2 is 1.97 bits per heavy atom. The van der Waals surface area contributed by atoms with Gasteiger partial charge in [-0.25, -0.2) is 13.1 Å². The molecular formula is C22H24BrN3O3S. The molecule has 6 nitrogen and oxygen atoms in total. The highest BCUT2D eigenvalue weighted by Crippen LogP contribution is 2.41. The lowest BCUT2D eigenvalue weighted by Crippen LogP contribution is -2.27. The standard InChI is InChI=1S/C22H24BrN3O3S/c23-18-4-6-19(7-5-18)30(27,28)25-9-1-2-10-26-13-17-15-29-22-8-3-16(12-24)11-20(22)21(17)14-26/h3-8,11,17,21,25H,1-2,9-10,13-15H2/t17-,21+/m1/s1. The summed E-state index contributed by atoms with van der Waals surface area (Å²) in [4.78, 5) is 2.71. The number of hydrogen-bond donors (Lipinski definition) is 1. The van der Waals surface area contributed by atoms with Gasteiger partial charge in [0, 0.05) is 41.5 Å². The summed E-state index contributed by atoms with van der Waals surface area (Å²) in [6.07, 6.45) is 1.71. The zero-order chi connectivity index (χ0) is 21.1. The van der Waals surface area contributed by atoms with E-state index in [9.17, 15) is 13.7 Å². The fourth-order valence-corrected chi connectivity index (χ4v) is 5.60. The van der Waals surface area contributed by atoms with E-state index in [4.69, 9.17) is 4.74 Å². The number of nitrogens with zero attached hydrogens (tertiary/aromatic N) is 2. The van der Waals surface area contributed by atoms with Crippen molar-refractivity contribution in [3.63, 3.8) is 0 Å². The molecule has 1 fully saturated rings. The lowest BCUT2D eigenvalue weighted by molar-refractivity contribution is 0.212. The molecule has 2 heterocycles. The molecule has 0 amide bonds. The highest BCUT2D eigenvalue weighted by molar-refractivity contribution is 9.10. The van der Waals surface area contributed by atoms with E-state index < -0.39 is 10.0 Å². The average molecular weight is 490 g/mol. The third-order valence-electron chi connectivity index (χ3n) is 5.83. The van der Waals surface area contributed by atoms with Crippen LogP contribution in [0.2, 0.25) is 0 Å². The van der Waals surface area contributed by atoms with Crippen LogP contribution in [0.4, 0.5) is 0 Å². The van der Waals surface area contributed by atoms with Crippen LogP contribution in [0.5, 0.6) is 5.75 Å². The molecule has 2 aromatic carbocycles. The molecule has 0 spiro atoms. The first-order chi connectivity index (χ1) is 14.5. The summed E-state index contributed by atoms with van der Waals surface area (Å²) in [5, 5.41) is 9.19. The summed E-state index contributed by atoms with van der Waals surface area (Å²) < 4.78 is 34.1. The second kappa shape index (κ2) is 9.06. The summed E-state index contributed by atoms with van der Waals surface area (Å²) >= 11 is 3.31. The number of halogens is 1. The third kappa shape index (κ3) is 4.70. The topological polar surface area (TPSA) is 82.4 Å². The van der Waals surface area contributed by atoms with Gasteiger partial charge >= 0.3 is 0 Å². The van der Waals surface area contributed by atoms with Gasteiger partial charge in [-0.3, -0.25) is 0 Å². The Morgan fingerprint density at radius 1 is 1.17 bits per heavy atom. The maximum atomic E-state index is 12.3. The molecule has 158 valence electrons. The number of fused-ring (bicyclic) bond motifs is 3. The van der Waals surface area contributed by atoms with Crippen LogP contribution in [0, 0.1) is 17.2 Å². The molecule has 1 saturated heterocycles. The number of benzene rings is 2. The van der Waals surface area contributed by atoms with E-state index in [0.717, 1.165) is 48.3 Å². The molecule has 0 aromatic heterocycles. The molecule has 0 saturated carbocycles. The second-order valence-corrected chi connectivity index (χ2v) is 10.5. The van der Waals surface area contributed by atoms with Crippen LogP contribution in [0.1, 0.15) is 29.9 Å². The predicted molar refractivity (Wildman–Crippen MR) is 118 cm³/mol. The van der Waals surface area contributed by atoms with Crippen LogP contribution < -0.4 is 9.46 Å². The van der Waals surface area contributed by atoms with Crippen molar-refractivity contribution in [3.05, 3.63) is 58.1 Å². The highest BCUT2D eigenvalue weighted by atomic mass is 79.9. The lowest BCUT2D eigenvalue weighted by atomic mass is 9.86. The first kappa shape index (κ1) is 21.3. The quantitative estimate of drug-likeness (QED) is 0.601. The Bertz CT molecular complexity index is 1050. The van der Waals surface area contributed by atoms with E-state index in [1.54, 1.807) is 30.3 Å². The number of likely N-dealkylation sites (tertiary alicyclic amines) is 1. The second-order valence-electron chi connectivity index (χ2n) is 7.86. The van der Waals surface area contributed by atoms with Gasteiger partial charge in [-0.15, -0.1) is 0 Å². The van der Waals surface area contributed by atoms with Crippen LogP contribution >= 0.6 is 15.9 Å². The Labute approximate surface area is 186 Å². The minimum absolute atomic E-state index is 0.282. The maximum absolute atomic E-state index is 12.3. The van der Waals surface area contributed by atoms with Gasteiger partial charge in [0.05, 0.1) is 23.1 Å². The molecular weight excluding hydrogens is 466 g/mol. The minimum Gasteiger partial charge on any atom is -0.493 e. The monoisotopic (exact) mass is 489 g/mol. The van der Waals surface area contributed by atoms with E-state index >= 15 is 0 Å². The normalized spacial score (nSPS) is 20.8. The summed E-state index contributed by atoms with van der Waals surface area (Å²) in [6.45, 7) is 4.01. The van der Waals surface area contributed by atoms with Gasteiger partial charge in [-0.1, -0.05) is 15.9 Å². The molecule has 2 aliphatic heterocycles. The number of nitriles is 1. The van der Waals surface area contributed by atoms with Crippen molar-refractivity contribution in [1.82, 2.24) is 9.62 Å². The van der Waals surface area contributed by atoms with E-state index in [1.807, 2.05) is 12.1 Å². The maximum Gasteiger partial charge on any atom is 0.240 e. The van der Waals surface area contributed by atoms with Gasteiger partial charge in [0.2, 0.25) is 10.0 Å². The van der Waals surface area contributed by atoms with Crippen LogP contribution in [0.15, 0.2) is 51.8 Å².